The molecule has 0 aliphatic heterocycles. The summed E-state index contributed by atoms with van der Waals surface area (Å²) in [6.45, 7) is 0. The van der Waals surface area contributed by atoms with Crippen LogP contribution in [0, 0.1) is 5.82 Å². The summed E-state index contributed by atoms with van der Waals surface area (Å²) in [7, 11) is 1.42. The Balaban J connectivity index is 1.96. The molecule has 0 aliphatic rings. The lowest BCUT2D eigenvalue weighted by Gasteiger charge is -2.02. The topological polar surface area (TPSA) is 35.3 Å². The van der Waals surface area contributed by atoms with Crippen molar-refractivity contribution in [1.29, 1.82) is 0 Å². The Morgan fingerprint density at radius 3 is 2.81 bits per heavy atom. The molecule has 0 atom stereocenters. The van der Waals surface area contributed by atoms with Crippen LogP contribution in [0.2, 0.25) is 0 Å². The molecule has 0 aliphatic carbocycles. The zero-order valence-electron chi connectivity index (χ0n) is 11.1. The number of benzene rings is 2. The second-order valence-corrected chi connectivity index (χ2v) is 4.78. The number of halogens is 2. The largest absolute Gasteiger partial charge is 0.494 e. The quantitative estimate of drug-likeness (QED) is 0.702. The number of oxazole rings is 1. The van der Waals surface area contributed by atoms with Gasteiger partial charge in [-0.15, -0.1) is 0 Å². The molecule has 0 radical (unpaired) electrons. The van der Waals surface area contributed by atoms with Gasteiger partial charge in [-0.2, -0.15) is 0 Å². The van der Waals surface area contributed by atoms with Gasteiger partial charge in [-0.25, -0.2) is 9.37 Å². The Morgan fingerprint density at radius 1 is 1.29 bits per heavy atom. The van der Waals surface area contributed by atoms with E-state index >= 15 is 0 Å². The fourth-order valence-corrected chi connectivity index (χ4v) is 2.16. The number of aromatic nitrogens is 1. The minimum Gasteiger partial charge on any atom is -0.494 e. The van der Waals surface area contributed by atoms with Gasteiger partial charge >= 0.3 is 0 Å². The van der Waals surface area contributed by atoms with Gasteiger partial charge in [-0.05, 0) is 35.9 Å². The van der Waals surface area contributed by atoms with E-state index < -0.39 is 5.82 Å². The predicted molar refractivity (Wildman–Crippen MR) is 80.7 cm³/mol. The second kappa shape index (κ2) is 5.58. The van der Waals surface area contributed by atoms with Crippen molar-refractivity contribution in [2.75, 3.05) is 7.11 Å². The number of ether oxygens (including phenoxy) is 1. The van der Waals surface area contributed by atoms with Gasteiger partial charge in [0.05, 0.1) is 7.11 Å². The fraction of sp³-hybridized carbons (Fsp3) is 0.0625. The van der Waals surface area contributed by atoms with E-state index in [2.05, 4.69) is 4.98 Å². The van der Waals surface area contributed by atoms with Gasteiger partial charge in [0.2, 0.25) is 5.89 Å². The van der Waals surface area contributed by atoms with Crippen LogP contribution < -0.4 is 4.74 Å². The number of rotatable bonds is 3. The first-order chi connectivity index (χ1) is 10.2. The summed E-state index contributed by atoms with van der Waals surface area (Å²) >= 11 is 6.19. The molecule has 5 heteroatoms. The van der Waals surface area contributed by atoms with Crippen LogP contribution in [0.1, 0.15) is 11.5 Å². The summed E-state index contributed by atoms with van der Waals surface area (Å²) in [5.41, 5.74) is 1.97. The molecule has 0 saturated heterocycles. The van der Waals surface area contributed by atoms with Gasteiger partial charge < -0.3 is 9.15 Å². The lowest BCUT2D eigenvalue weighted by Crippen LogP contribution is -1.88. The summed E-state index contributed by atoms with van der Waals surface area (Å²) in [5, 5.41) is 0.302. The van der Waals surface area contributed by atoms with Crippen LogP contribution in [0.15, 0.2) is 46.9 Å². The Bertz CT molecular complexity index is 793. The Hall–Kier alpha value is -2.33. The molecule has 0 N–H and O–H groups in total. The van der Waals surface area contributed by atoms with E-state index in [0.717, 1.165) is 5.52 Å². The third-order valence-electron chi connectivity index (χ3n) is 2.97. The first kappa shape index (κ1) is 13.6. The van der Waals surface area contributed by atoms with Crippen molar-refractivity contribution in [3.05, 3.63) is 59.7 Å². The number of nitrogens with zero attached hydrogens (tertiary/aromatic N) is 1. The van der Waals surface area contributed by atoms with Crippen molar-refractivity contribution >= 4 is 33.8 Å². The van der Waals surface area contributed by atoms with Crippen molar-refractivity contribution in [3.63, 3.8) is 0 Å². The molecular weight excluding hydrogens is 293 g/mol. The van der Waals surface area contributed by atoms with Gasteiger partial charge in [0.15, 0.2) is 17.1 Å². The first-order valence-electron chi connectivity index (χ1n) is 6.24. The number of methoxy groups -OCH3 is 1. The molecule has 0 spiro atoms. The zero-order valence-corrected chi connectivity index (χ0v) is 11.9. The summed E-state index contributed by atoms with van der Waals surface area (Å²) < 4.78 is 24.1. The van der Waals surface area contributed by atoms with Crippen LogP contribution in [0.4, 0.5) is 4.39 Å². The molecule has 21 heavy (non-hydrogen) atoms. The highest BCUT2D eigenvalue weighted by molar-refractivity contribution is 6.50. The summed E-state index contributed by atoms with van der Waals surface area (Å²) in [4.78, 5) is 4.28. The predicted octanol–water partition coefficient (Wildman–Crippen LogP) is 4.71. The molecular formula is C16H11ClFNO2. The lowest BCUT2D eigenvalue weighted by molar-refractivity contribution is 0.386. The van der Waals surface area contributed by atoms with Crippen molar-refractivity contribution in [2.45, 2.75) is 0 Å². The Kier molecular flexibility index (Phi) is 3.62. The van der Waals surface area contributed by atoms with E-state index in [1.165, 1.54) is 19.2 Å². The maximum Gasteiger partial charge on any atom is 0.238 e. The van der Waals surface area contributed by atoms with E-state index in [0.29, 0.717) is 22.1 Å². The van der Waals surface area contributed by atoms with Crippen LogP contribution >= 0.6 is 11.6 Å². The van der Waals surface area contributed by atoms with Crippen molar-refractivity contribution in [2.24, 2.45) is 0 Å². The minimum atomic E-state index is -0.451. The van der Waals surface area contributed by atoms with E-state index in [4.69, 9.17) is 20.8 Å². The zero-order chi connectivity index (χ0) is 14.8. The molecule has 0 bridgehead atoms. The molecule has 0 saturated carbocycles. The van der Waals surface area contributed by atoms with E-state index in [1.54, 1.807) is 12.1 Å². The highest BCUT2D eigenvalue weighted by atomic mass is 35.5. The van der Waals surface area contributed by atoms with Crippen molar-refractivity contribution < 1.29 is 13.5 Å². The smallest absolute Gasteiger partial charge is 0.238 e. The normalized spacial score (nSPS) is 11.9. The summed E-state index contributed by atoms with van der Waals surface area (Å²) in [5.74, 6) is 0.0347. The average Bonchev–Trinajstić information content (AvgIpc) is 2.91. The lowest BCUT2D eigenvalue weighted by atomic mass is 10.2. The molecule has 0 amide bonds. The molecule has 3 rings (SSSR count). The van der Waals surface area contributed by atoms with E-state index in [1.807, 2.05) is 24.3 Å². The maximum atomic E-state index is 13.6. The number of hydrogen-bond donors (Lipinski definition) is 0. The van der Waals surface area contributed by atoms with Crippen molar-refractivity contribution in [3.8, 4) is 5.75 Å². The van der Waals surface area contributed by atoms with E-state index in [9.17, 15) is 4.39 Å². The maximum absolute atomic E-state index is 13.6. The van der Waals surface area contributed by atoms with Crippen LogP contribution in [0.25, 0.3) is 22.2 Å². The van der Waals surface area contributed by atoms with Gasteiger partial charge in [-0.1, -0.05) is 29.8 Å². The third-order valence-corrected chi connectivity index (χ3v) is 3.24. The van der Waals surface area contributed by atoms with E-state index in [-0.39, 0.29) is 5.75 Å². The average molecular weight is 304 g/mol. The van der Waals surface area contributed by atoms with Crippen LogP contribution in [-0.4, -0.2) is 12.1 Å². The van der Waals surface area contributed by atoms with Crippen LogP contribution in [0.3, 0.4) is 0 Å². The number of fused-ring (bicyclic) bond motifs is 1. The van der Waals surface area contributed by atoms with Crippen LogP contribution in [-0.2, 0) is 0 Å². The van der Waals surface area contributed by atoms with Gasteiger partial charge in [-0.3, -0.25) is 0 Å². The molecule has 3 nitrogen and oxygen atoms in total. The van der Waals surface area contributed by atoms with Gasteiger partial charge in [0, 0.05) is 0 Å². The summed E-state index contributed by atoms with van der Waals surface area (Å²) in [6.07, 6.45) is 1.59. The molecule has 106 valence electrons. The summed E-state index contributed by atoms with van der Waals surface area (Å²) in [6, 6.07) is 11.9. The number of hydrogen-bond acceptors (Lipinski definition) is 3. The van der Waals surface area contributed by atoms with Gasteiger partial charge in [0.1, 0.15) is 10.5 Å². The number of para-hydroxylation sites is 2. The molecule has 1 aromatic heterocycles. The van der Waals surface area contributed by atoms with Crippen LogP contribution in [0.5, 0.6) is 5.75 Å². The highest BCUT2D eigenvalue weighted by Crippen LogP contribution is 2.26. The SMILES string of the molecule is COc1ccc(/C=C(\Cl)c2nc3ccccc3o2)cc1F. The molecule has 1 heterocycles. The first-order valence-corrected chi connectivity index (χ1v) is 6.62. The fourth-order valence-electron chi connectivity index (χ4n) is 1.95. The Labute approximate surface area is 125 Å². The Morgan fingerprint density at radius 2 is 2.10 bits per heavy atom. The molecule has 0 fully saturated rings. The monoisotopic (exact) mass is 303 g/mol. The third kappa shape index (κ3) is 2.76. The molecule has 2 aromatic carbocycles. The minimum absolute atomic E-state index is 0.185. The second-order valence-electron chi connectivity index (χ2n) is 4.37. The van der Waals surface area contributed by atoms with Gasteiger partial charge in [0.25, 0.3) is 0 Å². The standard InChI is InChI=1S/C16H11ClFNO2/c1-20-14-7-6-10(9-12(14)18)8-11(17)16-19-13-4-2-3-5-15(13)21-16/h2-9H,1H3/b11-8-. The molecule has 3 aromatic rings. The molecule has 0 unspecified atom stereocenters. The van der Waals surface area contributed by atoms with Crippen molar-refractivity contribution in [1.82, 2.24) is 4.98 Å². The highest BCUT2D eigenvalue weighted by Gasteiger charge is 2.09.